The van der Waals surface area contributed by atoms with E-state index in [4.69, 9.17) is 4.74 Å². The van der Waals surface area contributed by atoms with E-state index >= 15 is 0 Å². The Kier molecular flexibility index (Phi) is 5.27. The number of thiophene rings is 1. The summed E-state index contributed by atoms with van der Waals surface area (Å²) >= 11 is 1.43. The van der Waals surface area contributed by atoms with Crippen molar-refractivity contribution >= 4 is 34.2 Å². The van der Waals surface area contributed by atoms with Crippen molar-refractivity contribution in [3.8, 4) is 0 Å². The summed E-state index contributed by atoms with van der Waals surface area (Å²) in [5.41, 5.74) is 1.43. The fraction of sp³-hybridized carbons (Fsp3) is 0.571. The zero-order chi connectivity index (χ0) is 19.8. The first kappa shape index (κ1) is 19.2. The summed E-state index contributed by atoms with van der Waals surface area (Å²) in [5, 5.41) is 15.0. The first-order valence-corrected chi connectivity index (χ1v) is 10.8. The zero-order valence-corrected chi connectivity index (χ0v) is 16.7. The van der Waals surface area contributed by atoms with Crippen molar-refractivity contribution < 1.29 is 24.2 Å². The molecule has 7 heteroatoms. The molecule has 1 N–H and O–H groups in total. The van der Waals surface area contributed by atoms with Gasteiger partial charge in [0, 0.05) is 16.8 Å². The number of anilines is 1. The number of carboxylic acids is 1. The monoisotopic (exact) mass is 402 g/mol. The zero-order valence-electron chi connectivity index (χ0n) is 15.9. The molecule has 3 aliphatic carbocycles. The molecule has 0 aromatic carbocycles. The molecule has 0 radical (unpaired) electrons. The number of ether oxygens (including phenoxy) is 1. The highest BCUT2D eigenvalue weighted by Gasteiger charge is 2.49. The van der Waals surface area contributed by atoms with Crippen LogP contribution in [0.2, 0.25) is 0 Å². The normalized spacial score (nSPS) is 28.3. The van der Waals surface area contributed by atoms with Gasteiger partial charge in [-0.05, 0) is 49.5 Å². The summed E-state index contributed by atoms with van der Waals surface area (Å²) in [7, 11) is 1.34. The van der Waals surface area contributed by atoms with E-state index in [0.29, 0.717) is 17.0 Å². The summed E-state index contributed by atoms with van der Waals surface area (Å²) in [6.45, 7) is 0. The number of esters is 1. The van der Waals surface area contributed by atoms with Gasteiger partial charge in [-0.15, -0.1) is 11.3 Å². The first-order valence-electron chi connectivity index (χ1n) is 9.94. The van der Waals surface area contributed by atoms with E-state index < -0.39 is 23.8 Å². The van der Waals surface area contributed by atoms with Gasteiger partial charge in [0.25, 0.3) is 0 Å². The molecule has 2 bridgehead atoms. The van der Waals surface area contributed by atoms with Crippen LogP contribution in [0.1, 0.15) is 52.9 Å². The third-order valence-corrected chi connectivity index (χ3v) is 7.54. The van der Waals surface area contributed by atoms with Crippen LogP contribution in [0.3, 0.4) is 0 Å². The third-order valence-electron chi connectivity index (χ3n) is 6.33. The molecule has 1 fully saturated rings. The molecule has 1 aromatic heterocycles. The van der Waals surface area contributed by atoms with E-state index in [0.717, 1.165) is 49.0 Å². The minimum atomic E-state index is -1.18. The van der Waals surface area contributed by atoms with Gasteiger partial charge in [-0.1, -0.05) is 25.0 Å². The number of hydrogen-bond acceptors (Lipinski definition) is 6. The van der Waals surface area contributed by atoms with E-state index in [1.807, 2.05) is 12.2 Å². The van der Waals surface area contributed by atoms with Gasteiger partial charge in [-0.25, -0.2) is 4.79 Å². The second kappa shape index (κ2) is 7.70. The molecule has 150 valence electrons. The van der Waals surface area contributed by atoms with E-state index in [1.54, 1.807) is 0 Å². The lowest BCUT2D eigenvalue weighted by atomic mass is 9.82. The first-order chi connectivity index (χ1) is 13.5. The SMILES string of the molecule is COC(=O)c1c(NC(=O)[C@H]2[C@@H](C(=O)[O-])[C@H]3C=C[C@H]2C3)sc2c1CCCCCC2. The van der Waals surface area contributed by atoms with Gasteiger partial charge in [-0.2, -0.15) is 0 Å². The van der Waals surface area contributed by atoms with Crippen LogP contribution in [0.5, 0.6) is 0 Å². The molecule has 6 nitrogen and oxygen atoms in total. The molecular formula is C21H24NO5S-. The Morgan fingerprint density at radius 3 is 2.43 bits per heavy atom. The lowest BCUT2D eigenvalue weighted by Gasteiger charge is -2.27. The number of amides is 1. The Hall–Kier alpha value is -2.15. The van der Waals surface area contributed by atoms with Gasteiger partial charge in [0.1, 0.15) is 5.00 Å². The number of carboxylic acid groups (broad SMARTS) is 1. The largest absolute Gasteiger partial charge is 0.550 e. The molecule has 0 spiro atoms. The molecule has 0 aliphatic heterocycles. The summed E-state index contributed by atoms with van der Waals surface area (Å²) in [4.78, 5) is 38.3. The second-order valence-electron chi connectivity index (χ2n) is 7.92. The topological polar surface area (TPSA) is 95.5 Å². The van der Waals surface area contributed by atoms with Crippen LogP contribution in [0.15, 0.2) is 12.2 Å². The predicted molar refractivity (Wildman–Crippen MR) is 103 cm³/mol. The highest BCUT2D eigenvalue weighted by atomic mass is 32.1. The van der Waals surface area contributed by atoms with Crippen molar-refractivity contribution in [3.63, 3.8) is 0 Å². The molecule has 1 saturated carbocycles. The predicted octanol–water partition coefficient (Wildman–Crippen LogP) is 2.32. The quantitative estimate of drug-likeness (QED) is 0.616. The van der Waals surface area contributed by atoms with Crippen molar-refractivity contribution in [2.45, 2.75) is 44.9 Å². The molecule has 4 atom stereocenters. The molecule has 1 aromatic rings. The van der Waals surface area contributed by atoms with Crippen LogP contribution in [0.4, 0.5) is 5.00 Å². The molecule has 1 amide bonds. The van der Waals surface area contributed by atoms with Crippen LogP contribution >= 0.6 is 11.3 Å². The summed E-state index contributed by atoms with van der Waals surface area (Å²) in [5.74, 6) is -3.66. The van der Waals surface area contributed by atoms with Crippen molar-refractivity contribution in [2.75, 3.05) is 12.4 Å². The van der Waals surface area contributed by atoms with Gasteiger partial charge < -0.3 is 20.0 Å². The molecule has 1 heterocycles. The molecule has 0 saturated heterocycles. The highest BCUT2D eigenvalue weighted by molar-refractivity contribution is 7.17. The lowest BCUT2D eigenvalue weighted by Crippen LogP contribution is -2.42. The van der Waals surface area contributed by atoms with E-state index in [9.17, 15) is 19.5 Å². The van der Waals surface area contributed by atoms with E-state index in [-0.39, 0.29) is 17.7 Å². The van der Waals surface area contributed by atoms with Gasteiger partial charge in [0.2, 0.25) is 5.91 Å². The maximum atomic E-state index is 13.0. The number of carbonyl (C=O) groups is 3. The number of aryl methyl sites for hydroxylation is 1. The minimum Gasteiger partial charge on any atom is -0.550 e. The van der Waals surface area contributed by atoms with Crippen molar-refractivity contribution in [2.24, 2.45) is 23.7 Å². The number of aliphatic carboxylic acids is 1. The Morgan fingerprint density at radius 1 is 1.07 bits per heavy atom. The smallest absolute Gasteiger partial charge is 0.341 e. The minimum absolute atomic E-state index is 0.0875. The molecule has 4 rings (SSSR count). The Balaban J connectivity index is 1.64. The summed E-state index contributed by atoms with van der Waals surface area (Å²) in [6.07, 6.45) is 10.5. The number of methoxy groups -OCH3 is 1. The van der Waals surface area contributed by atoms with E-state index in [2.05, 4.69) is 5.32 Å². The number of allylic oxidation sites excluding steroid dienone is 2. The number of rotatable bonds is 4. The number of carbonyl (C=O) groups excluding carboxylic acids is 3. The maximum absolute atomic E-state index is 13.0. The molecule has 0 unspecified atom stereocenters. The number of fused-ring (bicyclic) bond motifs is 3. The van der Waals surface area contributed by atoms with Crippen LogP contribution in [0, 0.1) is 23.7 Å². The Labute approximate surface area is 168 Å². The summed E-state index contributed by atoms with van der Waals surface area (Å²) < 4.78 is 4.99. The van der Waals surface area contributed by atoms with Gasteiger partial charge >= 0.3 is 5.97 Å². The average Bonchev–Trinajstić information content (AvgIpc) is 3.34. The molecular weight excluding hydrogens is 378 g/mol. The summed E-state index contributed by atoms with van der Waals surface area (Å²) in [6, 6.07) is 0. The van der Waals surface area contributed by atoms with Crippen LogP contribution in [-0.4, -0.2) is 25.0 Å². The molecule has 28 heavy (non-hydrogen) atoms. The van der Waals surface area contributed by atoms with Crippen molar-refractivity contribution in [1.82, 2.24) is 0 Å². The standard InChI is InChI=1S/C21H25NO5S/c1-27-21(26)17-13-6-4-2-3-5-7-14(13)28-19(17)22-18(23)15-11-8-9-12(10-11)16(15)20(24)25/h8-9,11-12,15-16H,2-7,10H2,1H3,(H,22,23)(H,24,25)/p-1/t11-,12-,15+,16-/m0/s1. The van der Waals surface area contributed by atoms with Gasteiger partial charge in [0.15, 0.2) is 0 Å². The van der Waals surface area contributed by atoms with Crippen LogP contribution in [-0.2, 0) is 27.2 Å². The Bertz CT molecular complexity index is 842. The van der Waals surface area contributed by atoms with Crippen LogP contribution < -0.4 is 10.4 Å². The van der Waals surface area contributed by atoms with Gasteiger partial charge in [-0.3, -0.25) is 4.79 Å². The number of nitrogens with one attached hydrogen (secondary N) is 1. The van der Waals surface area contributed by atoms with E-state index in [1.165, 1.54) is 18.4 Å². The van der Waals surface area contributed by atoms with Crippen molar-refractivity contribution in [3.05, 3.63) is 28.2 Å². The van der Waals surface area contributed by atoms with Crippen molar-refractivity contribution in [1.29, 1.82) is 0 Å². The fourth-order valence-corrected chi connectivity index (χ4v) is 6.30. The Morgan fingerprint density at radius 2 is 1.75 bits per heavy atom. The second-order valence-corrected chi connectivity index (χ2v) is 9.03. The lowest BCUT2D eigenvalue weighted by molar-refractivity contribution is -0.313. The average molecular weight is 402 g/mol. The fourth-order valence-electron chi connectivity index (χ4n) is 5.02. The van der Waals surface area contributed by atoms with Crippen LogP contribution in [0.25, 0.3) is 0 Å². The molecule has 3 aliphatic rings. The van der Waals surface area contributed by atoms with Gasteiger partial charge in [0.05, 0.1) is 18.6 Å². The number of hydrogen-bond donors (Lipinski definition) is 1. The highest BCUT2D eigenvalue weighted by Crippen LogP contribution is 2.48. The third kappa shape index (κ3) is 3.26. The maximum Gasteiger partial charge on any atom is 0.341 e.